The molecular weight excluding hydrogens is 294 g/mol. The Morgan fingerprint density at radius 2 is 1.76 bits per heavy atom. The highest BCUT2D eigenvalue weighted by Crippen LogP contribution is 2.12. The van der Waals surface area contributed by atoms with Crippen molar-refractivity contribution < 1.29 is 23.1 Å². The number of amides is 1. The van der Waals surface area contributed by atoms with Crippen molar-refractivity contribution in [3.63, 3.8) is 0 Å². The minimum absolute atomic E-state index is 0.107. The molecule has 0 saturated carbocycles. The molecule has 0 aliphatic heterocycles. The molecule has 0 aliphatic carbocycles. The summed E-state index contributed by atoms with van der Waals surface area (Å²) >= 11 is 0. The van der Waals surface area contributed by atoms with Gasteiger partial charge in [-0.3, -0.25) is 4.79 Å². The van der Waals surface area contributed by atoms with Crippen LogP contribution in [-0.4, -0.2) is 37.7 Å². The lowest BCUT2D eigenvalue weighted by atomic mass is 9.99. The van der Waals surface area contributed by atoms with Gasteiger partial charge in [-0.05, 0) is 30.2 Å². The van der Waals surface area contributed by atoms with Gasteiger partial charge in [-0.2, -0.15) is 0 Å². The first kappa shape index (κ1) is 17.2. The van der Waals surface area contributed by atoms with Crippen LogP contribution in [0.2, 0.25) is 0 Å². The van der Waals surface area contributed by atoms with E-state index in [1.54, 1.807) is 6.92 Å². The molecule has 1 unspecified atom stereocenters. The van der Waals surface area contributed by atoms with Gasteiger partial charge >= 0.3 is 5.97 Å². The predicted octanol–water partition coefficient (Wildman–Crippen LogP) is 1.32. The maximum Gasteiger partial charge on any atom is 0.326 e. The summed E-state index contributed by atoms with van der Waals surface area (Å²) in [4.78, 5) is 23.3. The molecule has 0 aromatic heterocycles. The Labute approximate surface area is 124 Å². The van der Waals surface area contributed by atoms with Crippen LogP contribution in [0.3, 0.4) is 0 Å². The van der Waals surface area contributed by atoms with E-state index < -0.39 is 27.8 Å². The molecule has 116 valence electrons. The Morgan fingerprint density at radius 3 is 2.14 bits per heavy atom. The molecule has 6 nitrogen and oxygen atoms in total. The third-order valence-corrected chi connectivity index (χ3v) is 4.44. The molecule has 0 bridgehead atoms. The summed E-state index contributed by atoms with van der Waals surface area (Å²) in [6.45, 7) is 3.58. The Bertz CT molecular complexity index is 621. The molecule has 0 aliphatic rings. The van der Waals surface area contributed by atoms with Gasteiger partial charge < -0.3 is 10.4 Å². The second-order valence-electron chi connectivity index (χ2n) is 4.97. The Morgan fingerprint density at radius 1 is 1.24 bits per heavy atom. The van der Waals surface area contributed by atoms with Gasteiger partial charge in [0.1, 0.15) is 6.04 Å². The van der Waals surface area contributed by atoms with Crippen molar-refractivity contribution in [2.24, 2.45) is 5.92 Å². The predicted molar refractivity (Wildman–Crippen MR) is 77.9 cm³/mol. The third-order valence-electron chi connectivity index (χ3n) is 3.31. The van der Waals surface area contributed by atoms with Gasteiger partial charge in [0.25, 0.3) is 5.91 Å². The highest BCUT2D eigenvalue weighted by atomic mass is 32.2. The van der Waals surface area contributed by atoms with Gasteiger partial charge in [-0.1, -0.05) is 20.3 Å². The van der Waals surface area contributed by atoms with E-state index in [1.165, 1.54) is 24.3 Å². The van der Waals surface area contributed by atoms with Crippen LogP contribution >= 0.6 is 0 Å². The van der Waals surface area contributed by atoms with Crippen molar-refractivity contribution in [2.75, 3.05) is 6.26 Å². The summed E-state index contributed by atoms with van der Waals surface area (Å²) < 4.78 is 22.7. The first-order valence-corrected chi connectivity index (χ1v) is 8.39. The fraction of sp³-hybridized carbons (Fsp3) is 0.429. The number of rotatable bonds is 6. The molecule has 0 radical (unpaired) electrons. The molecular formula is C14H19NO5S. The quantitative estimate of drug-likeness (QED) is 0.825. The Kier molecular flexibility index (Phi) is 5.48. The maximum atomic E-state index is 12.0. The summed E-state index contributed by atoms with van der Waals surface area (Å²) in [7, 11) is -3.32. The minimum atomic E-state index is -3.32. The average Bonchev–Trinajstić information content (AvgIpc) is 2.42. The lowest BCUT2D eigenvalue weighted by Crippen LogP contribution is -2.45. The van der Waals surface area contributed by atoms with Crippen molar-refractivity contribution in [3.05, 3.63) is 29.8 Å². The number of nitrogens with one attached hydrogen (secondary N) is 1. The Balaban J connectivity index is 2.91. The zero-order valence-electron chi connectivity index (χ0n) is 12.2. The van der Waals surface area contributed by atoms with Crippen molar-refractivity contribution in [1.82, 2.24) is 5.32 Å². The largest absolute Gasteiger partial charge is 0.480 e. The number of carbonyl (C=O) groups excluding carboxylic acids is 1. The smallest absolute Gasteiger partial charge is 0.326 e. The molecule has 0 heterocycles. The highest BCUT2D eigenvalue weighted by Gasteiger charge is 2.25. The number of benzene rings is 1. The molecule has 1 aromatic carbocycles. The molecule has 2 atom stereocenters. The van der Waals surface area contributed by atoms with E-state index in [1.807, 2.05) is 6.92 Å². The summed E-state index contributed by atoms with van der Waals surface area (Å²) in [6.07, 6.45) is 1.69. The van der Waals surface area contributed by atoms with Gasteiger partial charge in [0.2, 0.25) is 0 Å². The summed E-state index contributed by atoms with van der Waals surface area (Å²) in [5, 5.41) is 11.6. The van der Waals surface area contributed by atoms with Crippen molar-refractivity contribution in [3.8, 4) is 0 Å². The standard InChI is InChI=1S/C14H19NO5S/c1-4-9(2)12(14(17)18)15-13(16)10-5-7-11(8-6-10)21(3,19)20/h5-9,12H,4H2,1-3H3,(H,15,16)(H,17,18)/t9?,12-/m0/s1. The SMILES string of the molecule is CCC(C)[C@H](NC(=O)c1ccc(S(C)(=O)=O)cc1)C(=O)O. The lowest BCUT2D eigenvalue weighted by molar-refractivity contribution is -0.140. The number of hydrogen-bond donors (Lipinski definition) is 2. The van der Waals surface area contributed by atoms with Gasteiger partial charge in [0.05, 0.1) is 4.90 Å². The number of carboxylic acids is 1. The van der Waals surface area contributed by atoms with Crippen molar-refractivity contribution in [2.45, 2.75) is 31.2 Å². The van der Waals surface area contributed by atoms with E-state index in [2.05, 4.69) is 5.32 Å². The van der Waals surface area contributed by atoms with E-state index in [9.17, 15) is 18.0 Å². The van der Waals surface area contributed by atoms with E-state index in [0.29, 0.717) is 6.42 Å². The number of aliphatic carboxylic acids is 1. The number of carbonyl (C=O) groups is 2. The molecule has 0 spiro atoms. The van der Waals surface area contributed by atoms with Crippen LogP contribution in [0.4, 0.5) is 0 Å². The number of hydrogen-bond acceptors (Lipinski definition) is 4. The lowest BCUT2D eigenvalue weighted by Gasteiger charge is -2.20. The molecule has 0 fully saturated rings. The topological polar surface area (TPSA) is 101 Å². The fourth-order valence-electron chi connectivity index (χ4n) is 1.76. The molecule has 1 aromatic rings. The van der Waals surface area contributed by atoms with Crippen LogP contribution in [0.25, 0.3) is 0 Å². The third kappa shape index (κ3) is 4.56. The molecule has 1 amide bonds. The van der Waals surface area contributed by atoms with E-state index in [4.69, 9.17) is 5.11 Å². The van der Waals surface area contributed by atoms with Crippen molar-refractivity contribution in [1.29, 1.82) is 0 Å². The summed E-state index contributed by atoms with van der Waals surface area (Å²) in [6, 6.07) is 4.40. The van der Waals surface area contributed by atoms with Gasteiger partial charge in [0, 0.05) is 11.8 Å². The van der Waals surface area contributed by atoms with Crippen LogP contribution < -0.4 is 5.32 Å². The average molecular weight is 313 g/mol. The monoisotopic (exact) mass is 313 g/mol. The van der Waals surface area contributed by atoms with E-state index in [-0.39, 0.29) is 16.4 Å². The normalized spacial score (nSPS) is 14.2. The minimum Gasteiger partial charge on any atom is -0.480 e. The molecule has 7 heteroatoms. The van der Waals surface area contributed by atoms with Crippen LogP contribution in [0.5, 0.6) is 0 Å². The molecule has 2 N–H and O–H groups in total. The van der Waals surface area contributed by atoms with Crippen molar-refractivity contribution >= 4 is 21.7 Å². The molecule has 21 heavy (non-hydrogen) atoms. The second-order valence-corrected chi connectivity index (χ2v) is 6.99. The van der Waals surface area contributed by atoms with E-state index in [0.717, 1.165) is 6.26 Å². The second kappa shape index (κ2) is 6.71. The maximum absolute atomic E-state index is 12.0. The number of carboxylic acid groups (broad SMARTS) is 1. The summed E-state index contributed by atoms with van der Waals surface area (Å²) in [5.74, 6) is -1.84. The van der Waals surface area contributed by atoms with E-state index >= 15 is 0 Å². The summed E-state index contributed by atoms with van der Waals surface area (Å²) in [5.41, 5.74) is 0.219. The van der Waals surface area contributed by atoms with Crippen LogP contribution in [0, 0.1) is 5.92 Å². The van der Waals surface area contributed by atoms with Crippen LogP contribution in [-0.2, 0) is 14.6 Å². The fourth-order valence-corrected chi connectivity index (χ4v) is 2.39. The highest BCUT2D eigenvalue weighted by molar-refractivity contribution is 7.90. The van der Waals surface area contributed by atoms with Crippen LogP contribution in [0.1, 0.15) is 30.6 Å². The first-order valence-electron chi connectivity index (χ1n) is 6.50. The first-order chi connectivity index (χ1) is 9.66. The molecule has 1 rings (SSSR count). The Hall–Kier alpha value is -1.89. The van der Waals surface area contributed by atoms with Crippen LogP contribution in [0.15, 0.2) is 29.2 Å². The van der Waals surface area contributed by atoms with Gasteiger partial charge in [0.15, 0.2) is 9.84 Å². The number of sulfone groups is 1. The zero-order chi connectivity index (χ0) is 16.2. The molecule has 0 saturated heterocycles. The van der Waals surface area contributed by atoms with Gasteiger partial charge in [-0.15, -0.1) is 0 Å². The van der Waals surface area contributed by atoms with Gasteiger partial charge in [-0.25, -0.2) is 13.2 Å². The zero-order valence-corrected chi connectivity index (χ0v) is 13.0.